The number of carbonyl (C=O) groups excluding carboxylic acids is 1. The van der Waals surface area contributed by atoms with Crippen LogP contribution in [0.5, 0.6) is 0 Å². The van der Waals surface area contributed by atoms with E-state index in [9.17, 15) is 4.79 Å². The van der Waals surface area contributed by atoms with Crippen LogP contribution in [0.25, 0.3) is 11.4 Å². The van der Waals surface area contributed by atoms with Gasteiger partial charge in [0, 0.05) is 31.0 Å². The summed E-state index contributed by atoms with van der Waals surface area (Å²) in [6, 6.07) is 3.75. The molecular formula is C16H21N5OS. The van der Waals surface area contributed by atoms with E-state index in [1.165, 1.54) is 24.6 Å². The predicted molar refractivity (Wildman–Crippen MR) is 89.9 cm³/mol. The molecule has 1 saturated carbocycles. The van der Waals surface area contributed by atoms with E-state index in [2.05, 4.69) is 27.1 Å². The third kappa shape index (κ3) is 4.54. The molecule has 23 heavy (non-hydrogen) atoms. The number of H-pyrrole nitrogens is 1. The molecule has 2 aromatic heterocycles. The Morgan fingerprint density at radius 1 is 1.39 bits per heavy atom. The summed E-state index contributed by atoms with van der Waals surface area (Å²) in [6.45, 7) is 3.85. The van der Waals surface area contributed by atoms with Crippen LogP contribution in [0.4, 0.5) is 0 Å². The zero-order chi connectivity index (χ0) is 16.1. The van der Waals surface area contributed by atoms with E-state index in [0.29, 0.717) is 16.7 Å². The number of amides is 1. The fraction of sp³-hybridized carbons (Fsp3) is 0.500. The number of aromatic amines is 1. The first-order valence-electron chi connectivity index (χ1n) is 7.99. The Hall–Kier alpha value is -1.89. The molecule has 7 heteroatoms. The number of thioether (sulfide) groups is 1. The van der Waals surface area contributed by atoms with Gasteiger partial charge in [-0.3, -0.25) is 14.9 Å². The molecule has 1 aliphatic carbocycles. The third-order valence-corrected chi connectivity index (χ3v) is 4.60. The molecule has 0 bridgehead atoms. The van der Waals surface area contributed by atoms with E-state index in [0.717, 1.165) is 31.0 Å². The van der Waals surface area contributed by atoms with Crippen molar-refractivity contribution in [2.75, 3.05) is 18.8 Å². The maximum Gasteiger partial charge on any atom is 0.233 e. The largest absolute Gasteiger partial charge is 0.342 e. The Morgan fingerprint density at radius 3 is 2.87 bits per heavy atom. The highest BCUT2D eigenvalue weighted by molar-refractivity contribution is 7.99. The Morgan fingerprint density at radius 2 is 2.17 bits per heavy atom. The van der Waals surface area contributed by atoms with Crippen LogP contribution in [0.2, 0.25) is 0 Å². The van der Waals surface area contributed by atoms with E-state index in [4.69, 9.17) is 0 Å². The molecule has 0 atom stereocenters. The normalized spacial score (nSPS) is 14.0. The second-order valence-corrected chi connectivity index (χ2v) is 6.72. The SMILES string of the molecule is CCCN(CC1CC1)C(=O)CSc1n[nH]c(-c2ccncc2)n1. The lowest BCUT2D eigenvalue weighted by Gasteiger charge is -2.21. The van der Waals surface area contributed by atoms with Crippen LogP contribution < -0.4 is 0 Å². The van der Waals surface area contributed by atoms with E-state index in [1.807, 2.05) is 17.0 Å². The van der Waals surface area contributed by atoms with Gasteiger partial charge in [0.25, 0.3) is 0 Å². The molecule has 6 nitrogen and oxygen atoms in total. The van der Waals surface area contributed by atoms with Crippen LogP contribution in [-0.2, 0) is 4.79 Å². The number of carbonyl (C=O) groups is 1. The minimum atomic E-state index is 0.180. The summed E-state index contributed by atoms with van der Waals surface area (Å²) >= 11 is 1.39. The van der Waals surface area contributed by atoms with Gasteiger partial charge >= 0.3 is 0 Å². The van der Waals surface area contributed by atoms with Crippen LogP contribution in [0.1, 0.15) is 26.2 Å². The average Bonchev–Trinajstić information content (AvgIpc) is 3.27. The number of pyridine rings is 1. The highest BCUT2D eigenvalue weighted by atomic mass is 32.2. The van der Waals surface area contributed by atoms with Gasteiger partial charge in [-0.2, -0.15) is 0 Å². The molecule has 1 N–H and O–H groups in total. The highest BCUT2D eigenvalue weighted by Gasteiger charge is 2.26. The molecule has 0 aliphatic heterocycles. The van der Waals surface area contributed by atoms with Gasteiger partial charge in [-0.1, -0.05) is 18.7 Å². The summed E-state index contributed by atoms with van der Waals surface area (Å²) in [7, 11) is 0. The van der Waals surface area contributed by atoms with Crippen LogP contribution in [-0.4, -0.2) is 49.8 Å². The number of aromatic nitrogens is 4. The van der Waals surface area contributed by atoms with E-state index in [-0.39, 0.29) is 5.91 Å². The highest BCUT2D eigenvalue weighted by Crippen LogP contribution is 2.30. The quantitative estimate of drug-likeness (QED) is 0.753. The van der Waals surface area contributed by atoms with Crippen LogP contribution in [0.3, 0.4) is 0 Å². The third-order valence-electron chi connectivity index (χ3n) is 3.77. The Balaban J connectivity index is 1.55. The molecule has 0 spiro atoms. The lowest BCUT2D eigenvalue weighted by atomic mass is 10.3. The first kappa shape index (κ1) is 16.0. The van der Waals surface area contributed by atoms with Gasteiger partial charge in [-0.25, -0.2) is 4.98 Å². The van der Waals surface area contributed by atoms with Crippen LogP contribution >= 0.6 is 11.8 Å². The Kier molecular flexibility index (Phi) is 5.27. The summed E-state index contributed by atoms with van der Waals surface area (Å²) in [5.41, 5.74) is 0.937. The van der Waals surface area contributed by atoms with Crippen molar-refractivity contribution in [2.45, 2.75) is 31.3 Å². The molecule has 0 aromatic carbocycles. The number of hydrogen-bond donors (Lipinski definition) is 1. The first-order chi connectivity index (χ1) is 11.3. The Labute approximate surface area is 140 Å². The zero-order valence-electron chi connectivity index (χ0n) is 13.2. The molecule has 0 unspecified atom stereocenters. The molecule has 1 amide bonds. The molecule has 3 rings (SSSR count). The smallest absolute Gasteiger partial charge is 0.233 e. The van der Waals surface area contributed by atoms with Crippen molar-refractivity contribution < 1.29 is 4.79 Å². The Bertz CT molecular complexity index is 641. The van der Waals surface area contributed by atoms with Gasteiger partial charge in [-0.05, 0) is 37.3 Å². The van der Waals surface area contributed by atoms with Crippen molar-refractivity contribution >= 4 is 17.7 Å². The maximum atomic E-state index is 12.4. The van der Waals surface area contributed by atoms with Crippen molar-refractivity contribution in [1.29, 1.82) is 0 Å². The molecule has 1 fully saturated rings. The molecule has 0 radical (unpaired) electrons. The fourth-order valence-corrected chi connectivity index (χ4v) is 3.07. The van der Waals surface area contributed by atoms with Crippen LogP contribution in [0, 0.1) is 5.92 Å². The fourth-order valence-electron chi connectivity index (χ4n) is 2.37. The van der Waals surface area contributed by atoms with Gasteiger partial charge in [0.05, 0.1) is 5.75 Å². The summed E-state index contributed by atoms with van der Waals surface area (Å²) in [6.07, 6.45) is 6.95. The molecule has 2 heterocycles. The molecule has 1 aliphatic rings. The number of rotatable bonds is 8. The number of nitrogens with one attached hydrogen (secondary N) is 1. The maximum absolute atomic E-state index is 12.4. The first-order valence-corrected chi connectivity index (χ1v) is 8.98. The summed E-state index contributed by atoms with van der Waals surface area (Å²) in [5.74, 6) is 1.99. The standard InChI is InChI=1S/C16H21N5OS/c1-2-9-21(10-12-3-4-12)14(22)11-23-16-18-15(19-20-16)13-5-7-17-8-6-13/h5-8,12H,2-4,9-11H2,1H3,(H,18,19,20). The minimum Gasteiger partial charge on any atom is -0.342 e. The van der Waals surface area contributed by atoms with Crippen molar-refractivity contribution in [3.8, 4) is 11.4 Å². The van der Waals surface area contributed by atoms with E-state index in [1.54, 1.807) is 12.4 Å². The molecule has 2 aromatic rings. The van der Waals surface area contributed by atoms with Gasteiger partial charge in [0.2, 0.25) is 11.1 Å². The lowest BCUT2D eigenvalue weighted by molar-refractivity contribution is -0.128. The van der Waals surface area contributed by atoms with Gasteiger partial charge in [-0.15, -0.1) is 5.10 Å². The van der Waals surface area contributed by atoms with E-state index >= 15 is 0 Å². The van der Waals surface area contributed by atoms with Crippen molar-refractivity contribution in [1.82, 2.24) is 25.1 Å². The van der Waals surface area contributed by atoms with Gasteiger partial charge in [0.15, 0.2) is 5.82 Å². The zero-order valence-corrected chi connectivity index (χ0v) is 14.1. The molecule has 0 saturated heterocycles. The van der Waals surface area contributed by atoms with Gasteiger partial charge < -0.3 is 4.90 Å². The summed E-state index contributed by atoms with van der Waals surface area (Å²) in [4.78, 5) is 22.8. The summed E-state index contributed by atoms with van der Waals surface area (Å²) < 4.78 is 0. The second kappa shape index (κ2) is 7.59. The van der Waals surface area contributed by atoms with Crippen molar-refractivity contribution in [3.63, 3.8) is 0 Å². The molecule has 122 valence electrons. The topological polar surface area (TPSA) is 74.8 Å². The average molecular weight is 331 g/mol. The lowest BCUT2D eigenvalue weighted by Crippen LogP contribution is -2.34. The second-order valence-electron chi connectivity index (χ2n) is 5.77. The van der Waals surface area contributed by atoms with Crippen LogP contribution in [0.15, 0.2) is 29.7 Å². The summed E-state index contributed by atoms with van der Waals surface area (Å²) in [5, 5.41) is 7.69. The minimum absolute atomic E-state index is 0.180. The van der Waals surface area contributed by atoms with Gasteiger partial charge in [0.1, 0.15) is 0 Å². The van der Waals surface area contributed by atoms with Crippen molar-refractivity contribution in [3.05, 3.63) is 24.5 Å². The monoisotopic (exact) mass is 331 g/mol. The number of hydrogen-bond acceptors (Lipinski definition) is 5. The predicted octanol–water partition coefficient (Wildman–Crippen LogP) is 2.61. The molecular weight excluding hydrogens is 310 g/mol. The van der Waals surface area contributed by atoms with E-state index < -0.39 is 0 Å². The van der Waals surface area contributed by atoms with Crippen molar-refractivity contribution in [2.24, 2.45) is 5.92 Å². The number of nitrogens with zero attached hydrogens (tertiary/aromatic N) is 4.